The number of aromatic nitrogens is 3. The van der Waals surface area contributed by atoms with Gasteiger partial charge in [-0.2, -0.15) is 18.2 Å². The van der Waals surface area contributed by atoms with Crippen molar-refractivity contribution in [1.29, 1.82) is 0 Å². The van der Waals surface area contributed by atoms with Crippen LogP contribution in [0.15, 0.2) is 39.7 Å². The predicted molar refractivity (Wildman–Crippen MR) is 113 cm³/mol. The third-order valence-electron chi connectivity index (χ3n) is 4.58. The van der Waals surface area contributed by atoms with Crippen molar-refractivity contribution >= 4 is 21.9 Å². The van der Waals surface area contributed by atoms with Gasteiger partial charge >= 0.3 is 18.2 Å². The van der Waals surface area contributed by atoms with Gasteiger partial charge in [-0.05, 0) is 41.1 Å². The minimum Gasteiger partial charge on any atom is -0.483 e. The average molecular weight is 564 g/mol. The van der Waals surface area contributed by atoms with Crippen molar-refractivity contribution in [3.05, 3.63) is 73.9 Å². The minimum atomic E-state index is -5.36. The van der Waals surface area contributed by atoms with Gasteiger partial charge in [-0.3, -0.25) is 4.79 Å². The molecule has 0 aliphatic heterocycles. The molecule has 2 heterocycles. The fraction of sp³-hybridized carbons (Fsp3) is 0.238. The Kier molecular flexibility index (Phi) is 7.73. The Morgan fingerprint density at radius 1 is 1.17 bits per heavy atom. The van der Waals surface area contributed by atoms with Crippen LogP contribution >= 0.6 is 15.9 Å². The summed E-state index contributed by atoms with van der Waals surface area (Å²) in [6, 6.07) is 4.00. The van der Waals surface area contributed by atoms with Crippen molar-refractivity contribution < 1.29 is 41.0 Å². The molecule has 0 saturated carbocycles. The number of nitrogens with zero attached hydrogens (tertiary/aromatic N) is 3. The molecule has 35 heavy (non-hydrogen) atoms. The number of hydrogen-bond acceptors (Lipinski definition) is 7. The van der Waals surface area contributed by atoms with E-state index >= 15 is 0 Å². The van der Waals surface area contributed by atoms with E-state index in [0.717, 1.165) is 16.7 Å². The van der Waals surface area contributed by atoms with Crippen LogP contribution in [0.25, 0.3) is 0 Å². The van der Waals surface area contributed by atoms with Gasteiger partial charge in [0.05, 0.1) is 25.0 Å². The van der Waals surface area contributed by atoms with E-state index in [-0.39, 0.29) is 29.5 Å². The molecule has 0 radical (unpaired) electrons. The van der Waals surface area contributed by atoms with Crippen molar-refractivity contribution in [2.24, 2.45) is 0 Å². The SMILES string of the molecule is COc1nccc(Cn2c(C)c(OC(=O)C(F)(F)F)c(OCc3ccc(F)cc3F)c(Br)c2=O)n1. The largest absolute Gasteiger partial charge is 0.491 e. The molecule has 0 atom stereocenters. The molecule has 186 valence electrons. The normalized spacial score (nSPS) is 11.3. The molecule has 0 unspecified atom stereocenters. The Morgan fingerprint density at radius 3 is 2.51 bits per heavy atom. The van der Waals surface area contributed by atoms with Gasteiger partial charge in [-0.1, -0.05) is 0 Å². The zero-order valence-corrected chi connectivity index (χ0v) is 19.5. The molecule has 0 amide bonds. The van der Waals surface area contributed by atoms with E-state index in [1.807, 2.05) is 0 Å². The van der Waals surface area contributed by atoms with E-state index in [9.17, 15) is 31.5 Å². The van der Waals surface area contributed by atoms with Gasteiger partial charge in [0.15, 0.2) is 11.5 Å². The standard InChI is InChI=1S/C21H15BrF5N3O5/c1-10-16(35-19(32)21(25,26)27)17(34-9-11-3-4-12(23)7-14(11)24)15(22)18(31)30(10)8-13-5-6-28-20(29-13)33-2/h3-7H,8-9H2,1-2H3. The quantitative estimate of drug-likeness (QED) is 0.316. The molecule has 0 N–H and O–H groups in total. The molecule has 0 bridgehead atoms. The first kappa shape index (κ1) is 26.1. The van der Waals surface area contributed by atoms with Gasteiger partial charge in [0.2, 0.25) is 0 Å². The number of methoxy groups -OCH3 is 1. The summed E-state index contributed by atoms with van der Waals surface area (Å²) < 4.78 is 81.4. The number of halogens is 6. The van der Waals surface area contributed by atoms with Crippen LogP contribution in [0.4, 0.5) is 22.0 Å². The van der Waals surface area contributed by atoms with E-state index in [4.69, 9.17) is 9.47 Å². The van der Waals surface area contributed by atoms with Crippen molar-refractivity contribution in [2.75, 3.05) is 7.11 Å². The maximum atomic E-state index is 14.0. The maximum Gasteiger partial charge on any atom is 0.491 e. The van der Waals surface area contributed by atoms with Crippen LogP contribution in [0, 0.1) is 18.6 Å². The van der Waals surface area contributed by atoms with Gasteiger partial charge in [0, 0.05) is 17.8 Å². The van der Waals surface area contributed by atoms with E-state index < -0.39 is 51.9 Å². The van der Waals surface area contributed by atoms with Crippen molar-refractivity contribution in [1.82, 2.24) is 14.5 Å². The van der Waals surface area contributed by atoms with E-state index in [0.29, 0.717) is 6.07 Å². The summed E-state index contributed by atoms with van der Waals surface area (Å²) in [5, 5.41) is 0. The molecule has 0 spiro atoms. The van der Waals surface area contributed by atoms with Crippen LogP contribution in [0.3, 0.4) is 0 Å². The number of pyridine rings is 1. The highest BCUT2D eigenvalue weighted by atomic mass is 79.9. The summed E-state index contributed by atoms with van der Waals surface area (Å²) in [6.07, 6.45) is -4.02. The first-order chi connectivity index (χ1) is 16.4. The van der Waals surface area contributed by atoms with Crippen LogP contribution in [0.5, 0.6) is 17.5 Å². The number of esters is 1. The lowest BCUT2D eigenvalue weighted by Gasteiger charge is -2.20. The topological polar surface area (TPSA) is 92.5 Å². The second kappa shape index (κ2) is 10.4. The number of hydrogen-bond donors (Lipinski definition) is 0. The van der Waals surface area contributed by atoms with Crippen LogP contribution in [0.2, 0.25) is 0 Å². The molecule has 8 nitrogen and oxygen atoms in total. The van der Waals surface area contributed by atoms with Gasteiger partial charge in [0.25, 0.3) is 5.56 Å². The number of ether oxygens (including phenoxy) is 3. The Hall–Kier alpha value is -3.55. The second-order valence-corrected chi connectivity index (χ2v) is 7.69. The molecule has 0 aliphatic carbocycles. The summed E-state index contributed by atoms with van der Waals surface area (Å²) in [5.74, 6) is -5.73. The number of benzene rings is 1. The fourth-order valence-corrected chi connectivity index (χ4v) is 3.37. The average Bonchev–Trinajstić information content (AvgIpc) is 2.80. The van der Waals surface area contributed by atoms with Crippen molar-refractivity contribution in [3.8, 4) is 17.5 Å². The molecule has 0 fully saturated rings. The molecule has 1 aromatic carbocycles. The lowest BCUT2D eigenvalue weighted by atomic mass is 10.2. The minimum absolute atomic E-state index is 0.0164. The smallest absolute Gasteiger partial charge is 0.483 e. The lowest BCUT2D eigenvalue weighted by molar-refractivity contribution is -0.189. The van der Waals surface area contributed by atoms with E-state index in [1.165, 1.54) is 26.3 Å². The zero-order valence-electron chi connectivity index (χ0n) is 18.0. The van der Waals surface area contributed by atoms with Gasteiger partial charge in [-0.25, -0.2) is 18.6 Å². The Bertz CT molecular complexity index is 1330. The number of carbonyl (C=O) groups excluding carboxylic acids is 1. The number of alkyl halides is 3. The Morgan fingerprint density at radius 2 is 1.89 bits per heavy atom. The first-order valence-electron chi connectivity index (χ1n) is 9.57. The summed E-state index contributed by atoms with van der Waals surface area (Å²) >= 11 is 2.96. The predicted octanol–water partition coefficient (Wildman–Crippen LogP) is 4.09. The van der Waals surface area contributed by atoms with Crippen LogP contribution in [-0.4, -0.2) is 33.8 Å². The van der Waals surface area contributed by atoms with Gasteiger partial charge in [0.1, 0.15) is 22.7 Å². The van der Waals surface area contributed by atoms with Gasteiger partial charge < -0.3 is 18.8 Å². The second-order valence-electron chi connectivity index (χ2n) is 6.90. The number of carbonyl (C=O) groups is 1. The van der Waals surface area contributed by atoms with Gasteiger partial charge in [-0.15, -0.1) is 0 Å². The van der Waals surface area contributed by atoms with Crippen LogP contribution in [0.1, 0.15) is 17.0 Å². The highest BCUT2D eigenvalue weighted by molar-refractivity contribution is 9.10. The third kappa shape index (κ3) is 5.93. The van der Waals surface area contributed by atoms with Crippen molar-refractivity contribution in [3.63, 3.8) is 0 Å². The van der Waals surface area contributed by atoms with E-state index in [2.05, 4.69) is 30.6 Å². The molecule has 0 aliphatic rings. The summed E-state index contributed by atoms with van der Waals surface area (Å²) in [7, 11) is 1.32. The monoisotopic (exact) mass is 563 g/mol. The number of rotatable bonds is 7. The molecular weight excluding hydrogens is 549 g/mol. The lowest BCUT2D eigenvalue weighted by Crippen LogP contribution is -2.31. The summed E-state index contributed by atoms with van der Waals surface area (Å²) in [6.45, 7) is 0.343. The molecular formula is C21H15BrF5N3O5. The Labute approximate surface area is 202 Å². The first-order valence-corrected chi connectivity index (χ1v) is 10.4. The van der Waals surface area contributed by atoms with Crippen LogP contribution in [-0.2, 0) is 17.9 Å². The third-order valence-corrected chi connectivity index (χ3v) is 5.28. The summed E-state index contributed by atoms with van der Waals surface area (Å²) in [4.78, 5) is 32.5. The Balaban J connectivity index is 2.08. The molecule has 2 aromatic heterocycles. The highest BCUT2D eigenvalue weighted by Crippen LogP contribution is 2.38. The van der Waals surface area contributed by atoms with Crippen LogP contribution < -0.4 is 19.8 Å². The maximum absolute atomic E-state index is 14.0. The molecule has 14 heteroatoms. The molecule has 0 saturated heterocycles. The van der Waals surface area contributed by atoms with Crippen molar-refractivity contribution in [2.45, 2.75) is 26.3 Å². The van der Waals surface area contributed by atoms with E-state index in [1.54, 1.807) is 0 Å². The molecule has 3 aromatic rings. The summed E-state index contributed by atoms with van der Waals surface area (Å²) in [5.41, 5.74) is -0.908. The zero-order chi connectivity index (χ0) is 25.9. The highest BCUT2D eigenvalue weighted by Gasteiger charge is 2.42. The fourth-order valence-electron chi connectivity index (χ4n) is 2.86. The molecule has 3 rings (SSSR count).